The van der Waals surface area contributed by atoms with E-state index in [1.54, 1.807) is 17.0 Å². The van der Waals surface area contributed by atoms with Gasteiger partial charge in [0.1, 0.15) is 23.9 Å². The van der Waals surface area contributed by atoms with Crippen molar-refractivity contribution in [3.8, 4) is 5.75 Å². The molecule has 0 aliphatic heterocycles. The van der Waals surface area contributed by atoms with Crippen LogP contribution in [0.15, 0.2) is 57.6 Å². The molecule has 0 saturated carbocycles. The molecule has 134 valence electrons. The molecule has 0 N–H and O–H groups in total. The maximum atomic E-state index is 12.3. The van der Waals surface area contributed by atoms with Crippen molar-refractivity contribution in [2.45, 2.75) is 27.0 Å². The zero-order chi connectivity index (χ0) is 18.5. The molecule has 5 nitrogen and oxygen atoms in total. The Hall–Kier alpha value is -2.60. The van der Waals surface area contributed by atoms with Gasteiger partial charge in [0.15, 0.2) is 5.78 Å². The Morgan fingerprint density at radius 1 is 1.35 bits per heavy atom. The van der Waals surface area contributed by atoms with Crippen molar-refractivity contribution in [2.75, 3.05) is 0 Å². The Morgan fingerprint density at radius 2 is 2.19 bits per heavy atom. The summed E-state index contributed by atoms with van der Waals surface area (Å²) in [5, 5.41) is 4.19. The summed E-state index contributed by atoms with van der Waals surface area (Å²) >= 11 is 3.41. The molecule has 0 aliphatic carbocycles. The summed E-state index contributed by atoms with van der Waals surface area (Å²) in [6, 6.07) is 11.3. The molecule has 2 heterocycles. The molecule has 0 bridgehead atoms. The van der Waals surface area contributed by atoms with E-state index in [1.807, 2.05) is 50.2 Å². The fourth-order valence-corrected chi connectivity index (χ4v) is 2.91. The van der Waals surface area contributed by atoms with Crippen LogP contribution >= 0.6 is 15.9 Å². The third-order valence-electron chi connectivity index (χ3n) is 3.93. The summed E-state index contributed by atoms with van der Waals surface area (Å²) in [7, 11) is 0. The molecule has 0 aliphatic rings. The molecule has 0 unspecified atom stereocenters. The molecule has 0 radical (unpaired) electrons. The SMILES string of the molecule is CCn1ncc(C(=O)/C=C/c2ccc(COc3cccc(Br)c3)o2)c1C. The van der Waals surface area contributed by atoms with Crippen molar-refractivity contribution >= 4 is 27.8 Å². The van der Waals surface area contributed by atoms with Crippen LogP contribution in [-0.4, -0.2) is 15.6 Å². The Labute approximate surface area is 160 Å². The lowest BCUT2D eigenvalue weighted by molar-refractivity contribution is 0.104. The molecule has 0 amide bonds. The Bertz CT molecular complexity index is 940. The summed E-state index contributed by atoms with van der Waals surface area (Å²) < 4.78 is 14.1. The van der Waals surface area contributed by atoms with Crippen LogP contribution in [0.3, 0.4) is 0 Å². The van der Waals surface area contributed by atoms with E-state index in [0.717, 1.165) is 22.5 Å². The monoisotopic (exact) mass is 414 g/mol. The predicted octanol–water partition coefficient (Wildman–Crippen LogP) is 5.04. The van der Waals surface area contributed by atoms with Crippen molar-refractivity contribution in [3.05, 3.63) is 75.9 Å². The third-order valence-corrected chi connectivity index (χ3v) is 4.42. The fraction of sp³-hybridized carbons (Fsp3) is 0.200. The van der Waals surface area contributed by atoms with Gasteiger partial charge in [0.25, 0.3) is 0 Å². The molecule has 0 atom stereocenters. The number of carbonyl (C=O) groups is 1. The van der Waals surface area contributed by atoms with Crippen molar-refractivity contribution < 1.29 is 13.9 Å². The molecule has 0 spiro atoms. The number of allylic oxidation sites excluding steroid dienone is 1. The lowest BCUT2D eigenvalue weighted by Gasteiger charge is -2.04. The topological polar surface area (TPSA) is 57.3 Å². The number of aryl methyl sites for hydroxylation is 1. The minimum Gasteiger partial charge on any atom is -0.486 e. The van der Waals surface area contributed by atoms with Crippen LogP contribution in [0, 0.1) is 6.92 Å². The Morgan fingerprint density at radius 3 is 2.92 bits per heavy atom. The number of ketones is 1. The van der Waals surface area contributed by atoms with Crippen molar-refractivity contribution in [3.63, 3.8) is 0 Å². The molecule has 0 saturated heterocycles. The number of halogens is 1. The van der Waals surface area contributed by atoms with Crippen LogP contribution in [0.1, 0.15) is 34.5 Å². The molecule has 6 heteroatoms. The first-order valence-electron chi connectivity index (χ1n) is 8.28. The van der Waals surface area contributed by atoms with Gasteiger partial charge in [0, 0.05) is 16.7 Å². The minimum absolute atomic E-state index is 0.0921. The van der Waals surface area contributed by atoms with Gasteiger partial charge < -0.3 is 9.15 Å². The van der Waals surface area contributed by atoms with Gasteiger partial charge in [0.05, 0.1) is 11.8 Å². The number of aromatic nitrogens is 2. The highest BCUT2D eigenvalue weighted by Crippen LogP contribution is 2.20. The quantitative estimate of drug-likeness (QED) is 0.401. The number of furan rings is 1. The van der Waals surface area contributed by atoms with Crippen LogP contribution in [0.4, 0.5) is 0 Å². The predicted molar refractivity (Wildman–Crippen MR) is 103 cm³/mol. The van der Waals surface area contributed by atoms with Gasteiger partial charge in [-0.3, -0.25) is 9.48 Å². The second kappa shape index (κ2) is 8.19. The molecule has 3 rings (SSSR count). The highest BCUT2D eigenvalue weighted by molar-refractivity contribution is 9.10. The van der Waals surface area contributed by atoms with Gasteiger partial charge in [-0.15, -0.1) is 0 Å². The van der Waals surface area contributed by atoms with E-state index >= 15 is 0 Å². The molecule has 1 aromatic carbocycles. The van der Waals surface area contributed by atoms with Crippen LogP contribution in [0.5, 0.6) is 5.75 Å². The number of hydrogen-bond acceptors (Lipinski definition) is 4. The van der Waals surface area contributed by atoms with Crippen LogP contribution in [0.25, 0.3) is 6.08 Å². The summed E-state index contributed by atoms with van der Waals surface area (Å²) in [5.41, 5.74) is 1.47. The Balaban J connectivity index is 1.61. The zero-order valence-corrected chi connectivity index (χ0v) is 16.2. The van der Waals surface area contributed by atoms with Crippen LogP contribution < -0.4 is 4.74 Å². The smallest absolute Gasteiger partial charge is 0.189 e. The number of carbonyl (C=O) groups excluding carboxylic acids is 1. The summed E-state index contributed by atoms with van der Waals surface area (Å²) in [6.45, 7) is 4.94. The number of ether oxygens (including phenoxy) is 1. The first-order valence-corrected chi connectivity index (χ1v) is 9.08. The maximum absolute atomic E-state index is 12.3. The van der Waals surface area contributed by atoms with Gasteiger partial charge in [-0.2, -0.15) is 5.10 Å². The highest BCUT2D eigenvalue weighted by Gasteiger charge is 2.11. The van der Waals surface area contributed by atoms with E-state index in [9.17, 15) is 4.79 Å². The second-order valence-electron chi connectivity index (χ2n) is 5.71. The highest BCUT2D eigenvalue weighted by atomic mass is 79.9. The number of benzene rings is 1. The van der Waals surface area contributed by atoms with E-state index in [0.29, 0.717) is 23.7 Å². The average Bonchev–Trinajstić information content (AvgIpc) is 3.24. The van der Waals surface area contributed by atoms with Crippen molar-refractivity contribution in [2.24, 2.45) is 0 Å². The van der Waals surface area contributed by atoms with Gasteiger partial charge in [-0.05, 0) is 56.3 Å². The fourth-order valence-electron chi connectivity index (χ4n) is 2.53. The lowest BCUT2D eigenvalue weighted by Crippen LogP contribution is -2.01. The van der Waals surface area contributed by atoms with Gasteiger partial charge in [-0.25, -0.2) is 0 Å². The number of hydrogen-bond donors (Lipinski definition) is 0. The summed E-state index contributed by atoms with van der Waals surface area (Å²) in [4.78, 5) is 12.3. The van der Waals surface area contributed by atoms with Gasteiger partial charge in [0.2, 0.25) is 0 Å². The number of nitrogens with zero attached hydrogens (tertiary/aromatic N) is 2. The molecular weight excluding hydrogens is 396 g/mol. The van der Waals surface area contributed by atoms with Crippen LogP contribution in [0.2, 0.25) is 0 Å². The van der Waals surface area contributed by atoms with Crippen molar-refractivity contribution in [1.82, 2.24) is 9.78 Å². The summed E-state index contributed by atoms with van der Waals surface area (Å²) in [6.07, 6.45) is 4.76. The zero-order valence-electron chi connectivity index (χ0n) is 14.6. The molecule has 0 fully saturated rings. The molecule has 3 aromatic rings. The molecule has 26 heavy (non-hydrogen) atoms. The minimum atomic E-state index is -0.0921. The van der Waals surface area contributed by atoms with Crippen molar-refractivity contribution in [1.29, 1.82) is 0 Å². The largest absolute Gasteiger partial charge is 0.486 e. The second-order valence-corrected chi connectivity index (χ2v) is 6.62. The standard InChI is InChI=1S/C20H19BrN2O3/c1-3-23-14(2)19(12-22-23)20(24)10-9-16-7-8-18(26-16)13-25-17-6-4-5-15(21)11-17/h4-12H,3,13H2,1-2H3/b10-9+. The van der Waals surface area contributed by atoms with E-state index < -0.39 is 0 Å². The normalized spacial score (nSPS) is 11.2. The first-order chi connectivity index (χ1) is 12.6. The van der Waals surface area contributed by atoms with Gasteiger partial charge >= 0.3 is 0 Å². The average molecular weight is 415 g/mol. The van der Waals surface area contributed by atoms with Crippen LogP contribution in [-0.2, 0) is 13.2 Å². The summed E-state index contributed by atoms with van der Waals surface area (Å²) in [5.74, 6) is 1.95. The lowest BCUT2D eigenvalue weighted by atomic mass is 10.1. The van der Waals surface area contributed by atoms with E-state index in [2.05, 4.69) is 21.0 Å². The maximum Gasteiger partial charge on any atom is 0.189 e. The van der Waals surface area contributed by atoms with E-state index in [4.69, 9.17) is 9.15 Å². The Kier molecular flexibility index (Phi) is 5.73. The number of rotatable bonds is 7. The van der Waals surface area contributed by atoms with E-state index in [-0.39, 0.29) is 5.78 Å². The van der Waals surface area contributed by atoms with E-state index in [1.165, 1.54) is 6.08 Å². The third kappa shape index (κ3) is 4.32. The first kappa shape index (κ1) is 18.2. The molecule has 2 aromatic heterocycles. The molecular formula is C20H19BrN2O3. The van der Waals surface area contributed by atoms with Gasteiger partial charge in [-0.1, -0.05) is 22.0 Å².